The Morgan fingerprint density at radius 1 is 0.766 bits per heavy atom. The molecule has 0 bridgehead atoms. The molecule has 12 heteroatoms. The summed E-state index contributed by atoms with van der Waals surface area (Å²) >= 11 is 13.4. The van der Waals surface area contributed by atoms with Crippen LogP contribution in [0.5, 0.6) is 17.2 Å². The topological polar surface area (TPSA) is 115 Å². The highest BCUT2D eigenvalue weighted by Gasteiger charge is 2.21. The third-order valence-corrected chi connectivity index (χ3v) is 8.88. The van der Waals surface area contributed by atoms with Gasteiger partial charge in [0.25, 0.3) is 11.8 Å². The summed E-state index contributed by atoms with van der Waals surface area (Å²) in [5.74, 6) is -0.0291. The largest absolute Gasteiger partial charge is 0.496 e. The van der Waals surface area contributed by atoms with E-state index in [0.29, 0.717) is 56.2 Å². The van der Waals surface area contributed by atoms with Gasteiger partial charge < -0.3 is 30.2 Å². The minimum absolute atomic E-state index is 0.0464. The summed E-state index contributed by atoms with van der Waals surface area (Å²) in [6.45, 7) is 1.91. The molecule has 0 saturated heterocycles. The van der Waals surface area contributed by atoms with E-state index in [9.17, 15) is 14.4 Å². The summed E-state index contributed by atoms with van der Waals surface area (Å²) in [5, 5.41) is 8.76. The van der Waals surface area contributed by atoms with E-state index in [0.717, 1.165) is 4.90 Å². The van der Waals surface area contributed by atoms with E-state index in [-0.39, 0.29) is 11.6 Å². The van der Waals surface area contributed by atoms with Crippen LogP contribution in [-0.2, 0) is 9.59 Å². The van der Waals surface area contributed by atoms with Crippen LogP contribution < -0.4 is 30.2 Å². The number of amides is 3. The minimum Gasteiger partial charge on any atom is -0.496 e. The molecule has 0 saturated carbocycles. The number of carbonyl (C=O) groups excluding carboxylic acids is 3. The highest BCUT2D eigenvalue weighted by molar-refractivity contribution is 8.00. The van der Waals surface area contributed by atoms with Gasteiger partial charge in [-0.1, -0.05) is 54.4 Å². The number of hydrogen-bond acceptors (Lipinski definition) is 7. The van der Waals surface area contributed by atoms with Crippen LogP contribution in [-0.4, -0.2) is 44.3 Å². The van der Waals surface area contributed by atoms with Gasteiger partial charge in [0.15, 0.2) is 11.5 Å². The van der Waals surface area contributed by atoms with Crippen molar-refractivity contribution in [3.8, 4) is 17.2 Å². The number of anilines is 2. The molecule has 3 N–H and O–H groups in total. The van der Waals surface area contributed by atoms with Crippen molar-refractivity contribution in [1.82, 2.24) is 5.32 Å². The van der Waals surface area contributed by atoms with E-state index in [1.165, 1.54) is 39.2 Å². The predicted molar refractivity (Wildman–Crippen MR) is 188 cm³/mol. The highest BCUT2D eigenvalue weighted by atomic mass is 35.5. The summed E-state index contributed by atoms with van der Waals surface area (Å²) in [7, 11) is 4.48. The number of benzene rings is 4. The number of rotatable bonds is 13. The van der Waals surface area contributed by atoms with Gasteiger partial charge >= 0.3 is 0 Å². The smallest absolute Gasteiger partial charge is 0.272 e. The average molecular weight is 695 g/mol. The molecule has 47 heavy (non-hydrogen) atoms. The summed E-state index contributed by atoms with van der Waals surface area (Å²) in [6.07, 6.45) is 2.04. The van der Waals surface area contributed by atoms with Gasteiger partial charge in [0.2, 0.25) is 5.91 Å². The molecule has 9 nitrogen and oxygen atoms in total. The Balaban J connectivity index is 1.59. The van der Waals surface area contributed by atoms with Crippen LogP contribution in [0.15, 0.2) is 95.5 Å². The maximum Gasteiger partial charge on any atom is 0.272 e. The van der Waals surface area contributed by atoms with Crippen LogP contribution in [0.25, 0.3) is 6.08 Å². The average Bonchev–Trinajstić information content (AvgIpc) is 3.08. The third kappa shape index (κ3) is 9.45. The van der Waals surface area contributed by atoms with Crippen LogP contribution in [0.1, 0.15) is 29.3 Å². The van der Waals surface area contributed by atoms with Crippen LogP contribution in [0.3, 0.4) is 0 Å². The predicted octanol–water partition coefficient (Wildman–Crippen LogP) is 7.94. The second kappa shape index (κ2) is 16.8. The monoisotopic (exact) mass is 693 g/mol. The van der Waals surface area contributed by atoms with Crippen molar-refractivity contribution in [2.24, 2.45) is 0 Å². The van der Waals surface area contributed by atoms with Gasteiger partial charge in [-0.05, 0) is 67.1 Å². The number of nitrogens with one attached hydrogen (secondary N) is 3. The van der Waals surface area contributed by atoms with Crippen molar-refractivity contribution in [3.63, 3.8) is 0 Å². The van der Waals surface area contributed by atoms with Gasteiger partial charge in [-0.2, -0.15) is 0 Å². The summed E-state index contributed by atoms with van der Waals surface area (Å²) in [4.78, 5) is 40.7. The molecule has 1 unspecified atom stereocenters. The Labute approximate surface area is 287 Å². The SMILES string of the molecule is CCC(Sc1cccc(NC(=O)/C(=C\c2cc(OC)c(OC)cc2OC)NC(=O)c2ccccc2)c1)C(=O)Nc1ccc(Cl)c(Cl)c1. The van der Waals surface area contributed by atoms with Gasteiger partial charge in [0, 0.05) is 33.5 Å². The fourth-order valence-corrected chi connectivity index (χ4v) is 5.70. The van der Waals surface area contributed by atoms with Crippen LogP contribution >= 0.6 is 35.0 Å². The lowest BCUT2D eigenvalue weighted by Crippen LogP contribution is -2.30. The molecule has 4 rings (SSSR count). The first-order valence-electron chi connectivity index (χ1n) is 14.4. The zero-order valence-electron chi connectivity index (χ0n) is 26.1. The second-order valence-electron chi connectivity index (χ2n) is 9.94. The molecule has 1 atom stereocenters. The standard InChI is InChI=1S/C35H33Cl2N3O6S/c1-5-32(35(43)39-24-14-15-26(36)27(37)19-24)47-25-13-9-12-23(18-25)38-34(42)28(40-33(41)21-10-7-6-8-11-21)16-22-17-30(45-3)31(46-4)20-29(22)44-2/h6-20,32H,5H2,1-4H3,(H,38,42)(H,39,43)(H,40,41)/b28-16+. The van der Waals surface area contributed by atoms with Gasteiger partial charge in [0.1, 0.15) is 11.4 Å². The van der Waals surface area contributed by atoms with Gasteiger partial charge in [-0.15, -0.1) is 11.8 Å². The molecule has 0 aliphatic heterocycles. The number of thioether (sulfide) groups is 1. The minimum atomic E-state index is -0.585. The first-order chi connectivity index (χ1) is 22.6. The molecule has 0 aliphatic carbocycles. The van der Waals surface area contributed by atoms with Crippen molar-refractivity contribution < 1.29 is 28.6 Å². The second-order valence-corrected chi connectivity index (χ2v) is 12.0. The lowest BCUT2D eigenvalue weighted by molar-refractivity contribution is -0.116. The first-order valence-corrected chi connectivity index (χ1v) is 16.0. The molecule has 0 aliphatic rings. The Morgan fingerprint density at radius 2 is 1.45 bits per heavy atom. The molecular weight excluding hydrogens is 661 g/mol. The molecule has 244 valence electrons. The Kier molecular flexibility index (Phi) is 12.6. The number of halogens is 2. The maximum atomic E-state index is 13.7. The van der Waals surface area contributed by atoms with Crippen molar-refractivity contribution in [3.05, 3.63) is 112 Å². The fourth-order valence-electron chi connectivity index (χ4n) is 4.39. The van der Waals surface area contributed by atoms with Crippen LogP contribution in [0.2, 0.25) is 10.0 Å². The van der Waals surface area contributed by atoms with Crippen LogP contribution in [0, 0.1) is 0 Å². The maximum absolute atomic E-state index is 13.7. The van der Waals surface area contributed by atoms with Gasteiger partial charge in [0.05, 0.1) is 36.6 Å². The molecular formula is C35H33Cl2N3O6S. The third-order valence-electron chi connectivity index (χ3n) is 6.79. The number of carbonyl (C=O) groups is 3. The van der Waals surface area contributed by atoms with Crippen molar-refractivity contribution in [2.75, 3.05) is 32.0 Å². The molecule has 0 aromatic heterocycles. The highest BCUT2D eigenvalue weighted by Crippen LogP contribution is 2.36. The number of ether oxygens (including phenoxy) is 3. The summed E-state index contributed by atoms with van der Waals surface area (Å²) in [6, 6.07) is 23.8. The first kappa shape index (κ1) is 35.2. The Bertz CT molecular complexity index is 1780. The summed E-state index contributed by atoms with van der Waals surface area (Å²) in [5.41, 5.74) is 1.78. The van der Waals surface area contributed by atoms with E-state index in [4.69, 9.17) is 37.4 Å². The van der Waals surface area contributed by atoms with E-state index in [1.54, 1.807) is 78.9 Å². The van der Waals surface area contributed by atoms with E-state index >= 15 is 0 Å². The van der Waals surface area contributed by atoms with E-state index < -0.39 is 17.1 Å². The van der Waals surface area contributed by atoms with Gasteiger partial charge in [-0.3, -0.25) is 14.4 Å². The Hall–Kier alpha value is -4.64. The molecule has 0 radical (unpaired) electrons. The molecule has 4 aromatic carbocycles. The lowest BCUT2D eigenvalue weighted by Gasteiger charge is -2.16. The van der Waals surface area contributed by atoms with Crippen molar-refractivity contribution in [2.45, 2.75) is 23.5 Å². The van der Waals surface area contributed by atoms with Crippen LogP contribution in [0.4, 0.5) is 11.4 Å². The number of hydrogen-bond donors (Lipinski definition) is 3. The Morgan fingerprint density at radius 3 is 2.11 bits per heavy atom. The lowest BCUT2D eigenvalue weighted by atomic mass is 10.1. The molecule has 4 aromatic rings. The molecule has 0 heterocycles. The normalized spacial score (nSPS) is 11.7. The summed E-state index contributed by atoms with van der Waals surface area (Å²) < 4.78 is 16.3. The van der Waals surface area contributed by atoms with Crippen molar-refractivity contribution >= 4 is 70.1 Å². The molecule has 0 spiro atoms. The fraction of sp³-hybridized carbons (Fsp3) is 0.171. The molecule has 3 amide bonds. The zero-order chi connectivity index (χ0) is 33.9. The molecule has 0 fully saturated rings. The zero-order valence-corrected chi connectivity index (χ0v) is 28.4. The van der Waals surface area contributed by atoms with Crippen molar-refractivity contribution in [1.29, 1.82) is 0 Å². The number of methoxy groups -OCH3 is 3. The van der Waals surface area contributed by atoms with Gasteiger partial charge in [-0.25, -0.2) is 0 Å². The van der Waals surface area contributed by atoms with E-state index in [1.807, 2.05) is 13.0 Å². The van der Waals surface area contributed by atoms with E-state index in [2.05, 4.69) is 16.0 Å². The quantitative estimate of drug-likeness (QED) is 0.0962.